The van der Waals surface area contributed by atoms with Gasteiger partial charge in [-0.05, 0) is 102 Å². The molecule has 0 aromatic heterocycles. The lowest BCUT2D eigenvalue weighted by atomic mass is 9.61. The van der Waals surface area contributed by atoms with Gasteiger partial charge in [0.05, 0.1) is 43.7 Å². The lowest BCUT2D eigenvalue weighted by Gasteiger charge is -2.41. The first-order valence-corrected chi connectivity index (χ1v) is 17.2. The van der Waals surface area contributed by atoms with E-state index in [2.05, 4.69) is 0 Å². The normalized spacial score (nSPS) is 22.5. The minimum absolute atomic E-state index is 0.217. The average molecular weight is 723 g/mol. The third-order valence-corrected chi connectivity index (χ3v) is 10.7. The summed E-state index contributed by atoms with van der Waals surface area (Å²) < 4.78 is 234. The van der Waals surface area contributed by atoms with Crippen LogP contribution in [-0.4, -0.2) is 0 Å². The van der Waals surface area contributed by atoms with Crippen molar-refractivity contribution in [3.63, 3.8) is 0 Å². The van der Waals surface area contributed by atoms with Gasteiger partial charge < -0.3 is 4.74 Å². The second-order valence-electron chi connectivity index (χ2n) is 13.2. The summed E-state index contributed by atoms with van der Waals surface area (Å²) in [4.78, 5) is 0. The highest BCUT2D eigenvalue weighted by molar-refractivity contribution is 6.07. The molecule has 0 radical (unpaired) electrons. The second-order valence-corrected chi connectivity index (χ2v) is 13.2. The first-order valence-electron chi connectivity index (χ1n) is 29.2. The van der Waals surface area contributed by atoms with Gasteiger partial charge in [-0.1, -0.05) is 182 Å². The molecule has 1 heterocycles. The molecule has 1 unspecified atom stereocenters. The Morgan fingerprint density at radius 1 is 0.364 bits per heavy atom. The molecule has 55 heavy (non-hydrogen) atoms. The van der Waals surface area contributed by atoms with E-state index in [1.807, 2.05) is 0 Å². The number of rotatable bonds is 3. The third kappa shape index (κ3) is 3.92. The molecule has 0 saturated heterocycles. The van der Waals surface area contributed by atoms with Crippen molar-refractivity contribution in [1.29, 1.82) is 0 Å². The Kier molecular flexibility index (Phi) is 3.16. The average Bonchev–Trinajstić information content (AvgIpc) is 2.07. The zero-order chi connectivity index (χ0) is 57.0. The van der Waals surface area contributed by atoms with Gasteiger partial charge in [0.25, 0.3) is 0 Å². The van der Waals surface area contributed by atoms with Gasteiger partial charge in [0.15, 0.2) is 0 Å². The molecule has 256 valence electrons. The van der Waals surface area contributed by atoms with E-state index in [-0.39, 0.29) is 22.3 Å². The molecule has 0 fully saturated rings. The van der Waals surface area contributed by atoms with Gasteiger partial charge in [0, 0.05) is 11.1 Å². The zero-order valence-corrected chi connectivity index (χ0v) is 28.2. The predicted octanol–water partition coefficient (Wildman–Crippen LogP) is 13.3. The van der Waals surface area contributed by atoms with Crippen LogP contribution in [0.5, 0.6) is 11.5 Å². The molecule has 1 atom stereocenters. The van der Waals surface area contributed by atoms with Gasteiger partial charge in [0.2, 0.25) is 0 Å². The number of hydrogen-bond acceptors (Lipinski definition) is 1. The van der Waals surface area contributed by atoms with Crippen molar-refractivity contribution in [1.82, 2.24) is 0 Å². The number of benzene rings is 9. The molecule has 9 aromatic carbocycles. The molecule has 9 aromatic rings. The van der Waals surface area contributed by atoms with E-state index in [0.29, 0.717) is 0 Å². The van der Waals surface area contributed by atoms with Crippen LogP contribution in [0.2, 0.25) is 0 Å². The van der Waals surface area contributed by atoms with Crippen LogP contribution in [-0.2, 0) is 10.8 Å². The van der Waals surface area contributed by atoms with E-state index >= 15 is 0 Å². The van der Waals surface area contributed by atoms with E-state index in [0.717, 1.165) is 0 Å². The first-order chi connectivity index (χ1) is 37.3. The van der Waals surface area contributed by atoms with Crippen molar-refractivity contribution < 1.29 is 37.6 Å². The summed E-state index contributed by atoms with van der Waals surface area (Å²) in [5.41, 5.74) is -11.4. The summed E-state index contributed by atoms with van der Waals surface area (Å²) in [6, 6.07) is -4.35. The molecule has 1 spiro atoms. The van der Waals surface area contributed by atoms with E-state index < -0.39 is 234 Å². The van der Waals surface area contributed by atoms with Crippen LogP contribution in [0.4, 0.5) is 0 Å². The summed E-state index contributed by atoms with van der Waals surface area (Å²) in [6.45, 7) is 0. The molecule has 12 rings (SSSR count). The fraction of sp³-hybridized carbons (Fsp3) is 0.0370. The molecule has 1 heteroatoms. The smallest absolute Gasteiger partial charge is 0.132 e. The van der Waals surface area contributed by atoms with Crippen LogP contribution in [0.15, 0.2) is 206 Å². The minimum atomic E-state index is -2.93. The van der Waals surface area contributed by atoms with E-state index in [1.54, 1.807) is 60.7 Å². The van der Waals surface area contributed by atoms with Crippen molar-refractivity contribution in [2.45, 2.75) is 10.8 Å². The number of fused-ring (bicyclic) bond motifs is 11. The number of ether oxygens (including phenoxy) is 1. The summed E-state index contributed by atoms with van der Waals surface area (Å²) in [5.74, 6) is -0.962. The SMILES string of the molecule is [2H]c1c([2H])c([2H])c2c(c1[2H])Oc1c([2H])c([2H])c(-c3c([2H])c([2H])c4c(c3[2H])C3(c5c([2H])c([2H])c([2H])c([2H])c5-4)c4c([2H])c([2H])c([2H])c([2H])c4-c4c([2H])c([2H])c([2H])c5c([2H])c([2H])c([2H])c3c45)c([2H])c1C2(c1ccccc1)c1ccccc1. The molecule has 1 aliphatic heterocycles. The maximum absolute atomic E-state index is 10.7. The lowest BCUT2D eigenvalue weighted by Crippen LogP contribution is -2.34. The number of para-hydroxylation sites is 1. The molecule has 2 aliphatic carbocycles. The Hall–Kier alpha value is -6.96. The molecule has 1 nitrogen and oxygen atoms in total. The highest BCUT2D eigenvalue weighted by Crippen LogP contribution is 2.62. The molecular formula is C54H34O. The molecule has 0 N–H and O–H groups in total. The Labute approximate surface area is 354 Å². The van der Waals surface area contributed by atoms with Crippen molar-refractivity contribution in [2.24, 2.45) is 0 Å². The molecular weight excluding hydrogens is 665 g/mol. The quantitative estimate of drug-likeness (QED) is 0.176. The highest BCUT2D eigenvalue weighted by atomic mass is 16.5. The summed E-state index contributed by atoms with van der Waals surface area (Å²) in [5, 5.41) is -1.05. The summed E-state index contributed by atoms with van der Waals surface area (Å²) in [7, 11) is 0. The fourth-order valence-electron chi connectivity index (χ4n) is 8.60. The van der Waals surface area contributed by atoms with E-state index in [9.17, 15) is 19.2 Å². The highest BCUT2D eigenvalue weighted by Gasteiger charge is 2.50. The van der Waals surface area contributed by atoms with Gasteiger partial charge in [-0.3, -0.25) is 0 Å². The summed E-state index contributed by atoms with van der Waals surface area (Å²) in [6.07, 6.45) is 0. The predicted molar refractivity (Wildman–Crippen MR) is 224 cm³/mol. The van der Waals surface area contributed by atoms with Gasteiger partial charge in [0.1, 0.15) is 11.5 Å². The van der Waals surface area contributed by atoms with Crippen LogP contribution < -0.4 is 4.74 Å². The molecule has 0 saturated carbocycles. The maximum atomic E-state index is 10.7. The van der Waals surface area contributed by atoms with E-state index in [4.69, 9.17) is 18.4 Å². The maximum Gasteiger partial charge on any atom is 0.132 e. The van der Waals surface area contributed by atoms with Gasteiger partial charge in [-0.15, -0.1) is 0 Å². The Morgan fingerprint density at radius 3 is 1.58 bits per heavy atom. The minimum Gasteiger partial charge on any atom is -0.457 e. The second kappa shape index (κ2) is 11.3. The van der Waals surface area contributed by atoms with Gasteiger partial charge >= 0.3 is 0 Å². The van der Waals surface area contributed by atoms with Crippen molar-refractivity contribution in [3.05, 3.63) is 250 Å². The summed E-state index contributed by atoms with van der Waals surface area (Å²) >= 11 is 0. The fourth-order valence-corrected chi connectivity index (χ4v) is 8.60. The molecule has 3 aliphatic rings. The number of hydrogen-bond donors (Lipinski definition) is 0. The Morgan fingerprint density at radius 2 is 0.873 bits per heavy atom. The third-order valence-electron chi connectivity index (χ3n) is 10.7. The van der Waals surface area contributed by atoms with Gasteiger partial charge in [-0.25, -0.2) is 0 Å². The topological polar surface area (TPSA) is 9.23 Å². The van der Waals surface area contributed by atoms with Crippen LogP contribution >= 0.6 is 0 Å². The van der Waals surface area contributed by atoms with Crippen LogP contribution in [0, 0.1) is 0 Å². The zero-order valence-electron chi connectivity index (χ0n) is 52.2. The van der Waals surface area contributed by atoms with Crippen LogP contribution in [0.3, 0.4) is 0 Å². The molecule has 0 bridgehead atoms. The van der Waals surface area contributed by atoms with Gasteiger partial charge in [-0.2, -0.15) is 0 Å². The standard InChI is InChI=1S/C54H34O/c1-3-17-38(18-4-1)53(39-19-5-2-6-20-39)46-26-11-12-28-50(46)55-51-32-30-37(34-49(51)53)36-29-31-42-40-21-7-9-24-44(40)54(48(42)33-36)45-25-10-8-22-41(45)43-23-13-15-35-16-14-27-47(54)52(35)43/h1-34H/i7D,8D,9D,10D,11D,12D,13D,14D,15D,16D,21D,22D,23D,24D,25D,26D,27D,28D,29D,30D,31D,32D,33D,34D. The van der Waals surface area contributed by atoms with Crippen molar-refractivity contribution in [3.8, 4) is 44.9 Å². The van der Waals surface area contributed by atoms with Crippen molar-refractivity contribution >= 4 is 10.8 Å². The Balaban J connectivity index is 1.36. The largest absolute Gasteiger partial charge is 0.457 e. The molecule has 0 amide bonds. The lowest BCUT2D eigenvalue weighted by molar-refractivity contribution is 0.434. The van der Waals surface area contributed by atoms with Crippen LogP contribution in [0.1, 0.15) is 77.4 Å². The monoisotopic (exact) mass is 722 g/mol. The Bertz CT molecular complexity index is 4340. The van der Waals surface area contributed by atoms with E-state index in [1.165, 1.54) is 0 Å². The van der Waals surface area contributed by atoms with Crippen LogP contribution in [0.25, 0.3) is 44.2 Å². The first kappa shape index (κ1) is 15.4. The van der Waals surface area contributed by atoms with Crippen molar-refractivity contribution in [2.75, 3.05) is 0 Å².